The smallest absolute Gasteiger partial charge is 0.326 e. The Labute approximate surface area is 126 Å². The average molecular weight is 297 g/mol. The van der Waals surface area contributed by atoms with Crippen LogP contribution >= 0.6 is 0 Å². The highest BCUT2D eigenvalue weighted by molar-refractivity contribution is 5.88. The highest BCUT2D eigenvalue weighted by Crippen LogP contribution is 2.45. The van der Waals surface area contributed by atoms with E-state index >= 15 is 0 Å². The van der Waals surface area contributed by atoms with Gasteiger partial charge in [-0.3, -0.25) is 4.79 Å². The zero-order valence-corrected chi connectivity index (χ0v) is 13.3. The van der Waals surface area contributed by atoms with Crippen molar-refractivity contribution in [2.75, 3.05) is 13.7 Å². The number of carbonyl (C=O) groups excluding carboxylic acids is 1. The Morgan fingerprint density at radius 2 is 1.95 bits per heavy atom. The first-order chi connectivity index (χ1) is 9.89. The number of methoxy groups -OCH3 is 1. The molecule has 2 aliphatic rings. The first kappa shape index (κ1) is 16.3. The van der Waals surface area contributed by atoms with E-state index in [0.717, 1.165) is 32.1 Å². The van der Waals surface area contributed by atoms with Gasteiger partial charge in [-0.1, -0.05) is 26.7 Å². The van der Waals surface area contributed by atoms with Gasteiger partial charge in [0, 0.05) is 25.5 Å². The third-order valence-electron chi connectivity index (χ3n) is 4.96. The fourth-order valence-electron chi connectivity index (χ4n) is 4.07. The summed E-state index contributed by atoms with van der Waals surface area (Å²) in [4.78, 5) is 26.1. The molecule has 21 heavy (non-hydrogen) atoms. The molecule has 1 saturated carbocycles. The molecule has 1 aliphatic carbocycles. The molecule has 0 spiro atoms. The molecule has 2 fully saturated rings. The zero-order chi connectivity index (χ0) is 15.6. The largest absolute Gasteiger partial charge is 0.480 e. The Kier molecular flexibility index (Phi) is 4.91. The van der Waals surface area contributed by atoms with Crippen molar-refractivity contribution in [2.24, 2.45) is 11.3 Å². The Morgan fingerprint density at radius 3 is 2.43 bits per heavy atom. The van der Waals surface area contributed by atoms with Crippen molar-refractivity contribution in [3.8, 4) is 0 Å². The second-order valence-corrected chi connectivity index (χ2v) is 6.99. The van der Waals surface area contributed by atoms with Crippen molar-refractivity contribution in [3.05, 3.63) is 0 Å². The fourth-order valence-corrected chi connectivity index (χ4v) is 4.07. The highest BCUT2D eigenvalue weighted by atomic mass is 16.5. The van der Waals surface area contributed by atoms with Crippen molar-refractivity contribution in [2.45, 2.75) is 64.5 Å². The number of carboxylic acids is 1. The van der Waals surface area contributed by atoms with Crippen LogP contribution < -0.4 is 0 Å². The maximum absolute atomic E-state index is 13.1. The highest BCUT2D eigenvalue weighted by Gasteiger charge is 2.49. The van der Waals surface area contributed by atoms with Crippen molar-refractivity contribution in [1.82, 2.24) is 4.90 Å². The van der Waals surface area contributed by atoms with Crippen LogP contribution in [0.2, 0.25) is 0 Å². The Hall–Kier alpha value is -1.10. The minimum absolute atomic E-state index is 0.0423. The van der Waals surface area contributed by atoms with Crippen molar-refractivity contribution in [1.29, 1.82) is 0 Å². The molecule has 1 amide bonds. The van der Waals surface area contributed by atoms with Crippen LogP contribution in [-0.4, -0.2) is 47.7 Å². The summed E-state index contributed by atoms with van der Waals surface area (Å²) >= 11 is 0. The van der Waals surface area contributed by atoms with E-state index in [2.05, 4.69) is 13.8 Å². The second-order valence-electron chi connectivity index (χ2n) is 6.99. The van der Waals surface area contributed by atoms with E-state index in [9.17, 15) is 14.7 Å². The third kappa shape index (κ3) is 3.23. The van der Waals surface area contributed by atoms with Gasteiger partial charge in [-0.2, -0.15) is 0 Å². The van der Waals surface area contributed by atoms with E-state index in [1.165, 1.54) is 0 Å². The monoisotopic (exact) mass is 297 g/mol. The van der Waals surface area contributed by atoms with Gasteiger partial charge in [0.2, 0.25) is 5.91 Å². The van der Waals surface area contributed by atoms with Gasteiger partial charge < -0.3 is 14.7 Å². The zero-order valence-electron chi connectivity index (χ0n) is 13.3. The second kappa shape index (κ2) is 6.34. The fraction of sp³-hybridized carbons (Fsp3) is 0.875. The summed E-state index contributed by atoms with van der Waals surface area (Å²) in [6.07, 6.45) is 5.01. The number of hydrogen-bond acceptors (Lipinski definition) is 3. The van der Waals surface area contributed by atoms with E-state index in [4.69, 9.17) is 4.74 Å². The van der Waals surface area contributed by atoms with Gasteiger partial charge in [0.25, 0.3) is 0 Å². The summed E-state index contributed by atoms with van der Waals surface area (Å²) in [5.74, 6) is -0.433. The molecule has 5 nitrogen and oxygen atoms in total. The Morgan fingerprint density at radius 1 is 1.33 bits per heavy atom. The van der Waals surface area contributed by atoms with Crippen LogP contribution in [0.3, 0.4) is 0 Å². The Bertz CT molecular complexity index is 401. The summed E-state index contributed by atoms with van der Waals surface area (Å²) < 4.78 is 5.29. The Balaban J connectivity index is 2.21. The summed E-state index contributed by atoms with van der Waals surface area (Å²) in [7, 11) is 1.58. The maximum atomic E-state index is 13.1. The lowest BCUT2D eigenvalue weighted by Gasteiger charge is -2.35. The molecule has 1 N–H and O–H groups in total. The van der Waals surface area contributed by atoms with Gasteiger partial charge in [-0.25, -0.2) is 4.79 Å². The number of hydrogen-bond donors (Lipinski definition) is 1. The van der Waals surface area contributed by atoms with Gasteiger partial charge in [-0.15, -0.1) is 0 Å². The van der Waals surface area contributed by atoms with Crippen LogP contribution in [0, 0.1) is 11.3 Å². The molecular formula is C16H27NO4. The summed E-state index contributed by atoms with van der Waals surface area (Å²) in [5.41, 5.74) is -0.343. The van der Waals surface area contributed by atoms with E-state index in [0.29, 0.717) is 18.9 Å². The standard InChI is InChI=1S/C16H27NO4/c1-11(2)9-16(6-4-5-7-16)15(20)17-10-12(21-3)8-13(17)14(18)19/h11-13H,4-10H2,1-3H3,(H,18,19). The molecule has 0 aromatic heterocycles. The van der Waals surface area contributed by atoms with Gasteiger partial charge in [0.05, 0.1) is 6.10 Å². The number of amides is 1. The SMILES string of the molecule is COC1CC(C(=O)O)N(C(=O)C2(CC(C)C)CCCC2)C1. The molecule has 2 atom stereocenters. The van der Waals surface area contributed by atoms with Crippen molar-refractivity contribution in [3.63, 3.8) is 0 Å². The van der Waals surface area contributed by atoms with E-state index in [1.54, 1.807) is 12.0 Å². The number of aliphatic carboxylic acids is 1. The molecule has 0 bridgehead atoms. The molecular weight excluding hydrogens is 270 g/mol. The lowest BCUT2D eigenvalue weighted by Crippen LogP contribution is -2.48. The van der Waals surface area contributed by atoms with Gasteiger partial charge in [-0.05, 0) is 25.2 Å². The number of likely N-dealkylation sites (tertiary alicyclic amines) is 1. The first-order valence-electron chi connectivity index (χ1n) is 7.96. The molecule has 120 valence electrons. The topological polar surface area (TPSA) is 66.8 Å². The molecule has 5 heteroatoms. The number of ether oxygens (including phenoxy) is 1. The number of rotatable bonds is 5. The predicted molar refractivity (Wildman–Crippen MR) is 78.9 cm³/mol. The van der Waals surface area contributed by atoms with E-state index < -0.39 is 12.0 Å². The molecule has 0 aromatic carbocycles. The van der Waals surface area contributed by atoms with Crippen LogP contribution in [0.4, 0.5) is 0 Å². The lowest BCUT2D eigenvalue weighted by molar-refractivity contribution is -0.153. The van der Waals surface area contributed by atoms with Crippen LogP contribution in [0.25, 0.3) is 0 Å². The van der Waals surface area contributed by atoms with E-state index in [-0.39, 0.29) is 17.4 Å². The molecule has 1 aliphatic heterocycles. The van der Waals surface area contributed by atoms with Gasteiger partial charge in [0.15, 0.2) is 0 Å². The molecule has 0 radical (unpaired) electrons. The minimum Gasteiger partial charge on any atom is -0.480 e. The number of carboxylic acid groups (broad SMARTS) is 1. The quantitative estimate of drug-likeness (QED) is 0.845. The molecule has 2 rings (SSSR count). The van der Waals surface area contributed by atoms with Crippen LogP contribution in [-0.2, 0) is 14.3 Å². The summed E-state index contributed by atoms with van der Waals surface area (Å²) in [6.45, 7) is 4.67. The van der Waals surface area contributed by atoms with E-state index in [1.807, 2.05) is 0 Å². The van der Waals surface area contributed by atoms with Gasteiger partial charge in [0.1, 0.15) is 6.04 Å². The summed E-state index contributed by atoms with van der Waals surface area (Å²) in [5, 5.41) is 9.41. The minimum atomic E-state index is -0.916. The lowest BCUT2D eigenvalue weighted by atomic mass is 9.77. The normalized spacial score (nSPS) is 28.3. The first-order valence-corrected chi connectivity index (χ1v) is 7.96. The van der Waals surface area contributed by atoms with Crippen molar-refractivity contribution < 1.29 is 19.4 Å². The molecule has 1 heterocycles. The van der Waals surface area contributed by atoms with Crippen LogP contribution in [0.1, 0.15) is 52.4 Å². The number of carbonyl (C=O) groups is 2. The summed E-state index contributed by atoms with van der Waals surface area (Å²) in [6, 6.07) is -0.730. The van der Waals surface area contributed by atoms with Gasteiger partial charge >= 0.3 is 5.97 Å². The van der Waals surface area contributed by atoms with Crippen LogP contribution in [0.5, 0.6) is 0 Å². The molecule has 1 saturated heterocycles. The predicted octanol–water partition coefficient (Wildman–Crippen LogP) is 2.29. The third-order valence-corrected chi connectivity index (χ3v) is 4.96. The molecule has 2 unspecified atom stereocenters. The average Bonchev–Trinajstić information content (AvgIpc) is 3.04. The van der Waals surface area contributed by atoms with Crippen LogP contribution in [0.15, 0.2) is 0 Å². The molecule has 0 aromatic rings. The van der Waals surface area contributed by atoms with Crippen molar-refractivity contribution >= 4 is 11.9 Å². The number of nitrogens with zero attached hydrogens (tertiary/aromatic N) is 1. The maximum Gasteiger partial charge on any atom is 0.326 e.